The maximum absolute atomic E-state index is 12.2. The van der Waals surface area contributed by atoms with E-state index in [9.17, 15) is 4.79 Å². The van der Waals surface area contributed by atoms with Crippen LogP contribution in [0.1, 0.15) is 36.2 Å². The number of rotatable bonds is 4. The molecule has 4 nitrogen and oxygen atoms in total. The van der Waals surface area contributed by atoms with Crippen LogP contribution < -0.4 is 0 Å². The van der Waals surface area contributed by atoms with Gasteiger partial charge in [-0.1, -0.05) is 32.0 Å². The Hall–Kier alpha value is -1.39. The van der Waals surface area contributed by atoms with Crippen molar-refractivity contribution in [2.24, 2.45) is 0 Å². The van der Waals surface area contributed by atoms with Crippen LogP contribution in [0.2, 0.25) is 0 Å². The van der Waals surface area contributed by atoms with Crippen molar-refractivity contribution < 1.29 is 4.79 Å². The summed E-state index contributed by atoms with van der Waals surface area (Å²) in [7, 11) is 5.81. The molecule has 1 amide bonds. The van der Waals surface area contributed by atoms with Crippen molar-refractivity contribution in [2.75, 3.05) is 53.9 Å². The molecule has 130 valence electrons. The van der Waals surface area contributed by atoms with Crippen molar-refractivity contribution in [3.05, 3.63) is 35.4 Å². The average molecular weight is 319 g/mol. The molecule has 0 unspecified atom stereocenters. The Bertz CT molecular complexity index is 473. The van der Waals surface area contributed by atoms with E-state index in [4.69, 9.17) is 0 Å². The first-order chi connectivity index (χ1) is 11.1. The fraction of sp³-hybridized carbons (Fsp3) is 0.632. The van der Waals surface area contributed by atoms with E-state index in [2.05, 4.69) is 22.9 Å². The molecule has 1 saturated heterocycles. The lowest BCUT2D eigenvalue weighted by molar-refractivity contribution is 0.0826. The van der Waals surface area contributed by atoms with Crippen molar-refractivity contribution >= 4 is 5.91 Å². The number of hydrogen-bond acceptors (Lipinski definition) is 3. The molecule has 1 aromatic rings. The Balaban J connectivity index is 0.00000127. The molecule has 0 saturated carbocycles. The zero-order chi connectivity index (χ0) is 17.2. The monoisotopic (exact) mass is 319 g/mol. The third-order valence-electron chi connectivity index (χ3n) is 4.16. The van der Waals surface area contributed by atoms with Gasteiger partial charge in [-0.25, -0.2) is 0 Å². The molecule has 2 rings (SSSR count). The second-order valence-corrected chi connectivity index (χ2v) is 6.11. The summed E-state index contributed by atoms with van der Waals surface area (Å²) in [6, 6.07) is 7.99. The van der Waals surface area contributed by atoms with Crippen LogP contribution in [0, 0.1) is 0 Å². The van der Waals surface area contributed by atoms with Crippen LogP contribution >= 0.6 is 0 Å². The van der Waals surface area contributed by atoms with Gasteiger partial charge in [0.05, 0.1) is 0 Å². The number of carbonyl (C=O) groups excluding carboxylic acids is 1. The molecule has 1 heterocycles. The largest absolute Gasteiger partial charge is 0.345 e. The summed E-state index contributed by atoms with van der Waals surface area (Å²) in [5, 5.41) is 0. The van der Waals surface area contributed by atoms with E-state index in [0.717, 1.165) is 43.7 Å². The molecule has 0 N–H and O–H groups in total. The van der Waals surface area contributed by atoms with E-state index in [1.54, 1.807) is 4.90 Å². The summed E-state index contributed by atoms with van der Waals surface area (Å²) in [5.41, 5.74) is 2.00. The summed E-state index contributed by atoms with van der Waals surface area (Å²) in [6.45, 7) is 9.64. The van der Waals surface area contributed by atoms with Gasteiger partial charge in [0.15, 0.2) is 0 Å². The van der Waals surface area contributed by atoms with Gasteiger partial charge in [0.2, 0.25) is 0 Å². The summed E-state index contributed by atoms with van der Waals surface area (Å²) in [5.74, 6) is 0.0983. The highest BCUT2D eigenvalue weighted by Crippen LogP contribution is 2.13. The van der Waals surface area contributed by atoms with Crippen molar-refractivity contribution in [2.45, 2.75) is 26.7 Å². The van der Waals surface area contributed by atoms with E-state index < -0.39 is 0 Å². The molecule has 0 spiro atoms. The summed E-state index contributed by atoms with van der Waals surface area (Å²) in [6.07, 6.45) is 2.17. The third kappa shape index (κ3) is 6.32. The Morgan fingerprint density at radius 3 is 2.48 bits per heavy atom. The van der Waals surface area contributed by atoms with Crippen molar-refractivity contribution in [1.29, 1.82) is 0 Å². The lowest BCUT2D eigenvalue weighted by Crippen LogP contribution is -2.31. The minimum atomic E-state index is 0.0983. The van der Waals surface area contributed by atoms with E-state index in [0.29, 0.717) is 0 Å². The van der Waals surface area contributed by atoms with Crippen LogP contribution in [0.15, 0.2) is 24.3 Å². The maximum atomic E-state index is 12.2. The average Bonchev–Trinajstić information content (AvgIpc) is 2.78. The molecule has 0 radical (unpaired) electrons. The van der Waals surface area contributed by atoms with Crippen LogP contribution in [-0.4, -0.2) is 74.5 Å². The normalized spacial score (nSPS) is 16.2. The second kappa shape index (κ2) is 10.4. The van der Waals surface area contributed by atoms with Gasteiger partial charge in [0.25, 0.3) is 5.91 Å². The highest BCUT2D eigenvalue weighted by atomic mass is 16.2. The number of nitrogens with zero attached hydrogens (tertiary/aromatic N) is 3. The van der Waals surface area contributed by atoms with Crippen LogP contribution in [0.25, 0.3) is 0 Å². The third-order valence-corrected chi connectivity index (χ3v) is 4.16. The Labute approximate surface area is 142 Å². The van der Waals surface area contributed by atoms with Crippen molar-refractivity contribution in [1.82, 2.24) is 14.7 Å². The van der Waals surface area contributed by atoms with Crippen LogP contribution in [0.3, 0.4) is 0 Å². The molecule has 1 aromatic carbocycles. The number of hydrogen-bond donors (Lipinski definition) is 0. The maximum Gasteiger partial charge on any atom is 0.253 e. The molecule has 1 fully saturated rings. The molecule has 0 atom stereocenters. The molecule has 1 aliphatic heterocycles. The topological polar surface area (TPSA) is 26.8 Å². The minimum Gasteiger partial charge on any atom is -0.345 e. The molecule has 0 aromatic heterocycles. The molecular formula is C19H33N3O. The van der Waals surface area contributed by atoms with Gasteiger partial charge in [0, 0.05) is 39.3 Å². The highest BCUT2D eigenvalue weighted by molar-refractivity contribution is 5.95. The van der Waals surface area contributed by atoms with Gasteiger partial charge in [-0.3, -0.25) is 4.79 Å². The molecule has 0 aliphatic carbocycles. The van der Waals surface area contributed by atoms with E-state index >= 15 is 0 Å². The fourth-order valence-electron chi connectivity index (χ4n) is 2.79. The number of carbonyl (C=O) groups is 1. The Morgan fingerprint density at radius 2 is 1.78 bits per heavy atom. The second-order valence-electron chi connectivity index (χ2n) is 6.11. The number of benzene rings is 1. The Kier molecular flexibility index (Phi) is 8.89. The van der Waals surface area contributed by atoms with Crippen molar-refractivity contribution in [3.63, 3.8) is 0 Å². The van der Waals surface area contributed by atoms with Crippen LogP contribution in [0.4, 0.5) is 0 Å². The van der Waals surface area contributed by atoms with Gasteiger partial charge in [0.1, 0.15) is 0 Å². The molecule has 1 aliphatic rings. The summed E-state index contributed by atoms with van der Waals surface area (Å²) in [4.78, 5) is 18.8. The van der Waals surface area contributed by atoms with Gasteiger partial charge in [-0.2, -0.15) is 0 Å². The fourth-order valence-corrected chi connectivity index (χ4v) is 2.79. The first kappa shape index (κ1) is 19.7. The summed E-state index contributed by atoms with van der Waals surface area (Å²) >= 11 is 0. The Morgan fingerprint density at radius 1 is 1.09 bits per heavy atom. The quantitative estimate of drug-likeness (QED) is 0.853. The standard InChI is InChI=1S/C17H27N3O.C2H6/c1-18(2)17(21)16-8-5-4-7-15(16)9-12-20-11-6-10-19(3)13-14-20;1-2/h4-5,7-8H,6,9-14H2,1-3H3;1-2H3. The summed E-state index contributed by atoms with van der Waals surface area (Å²) < 4.78 is 0. The van der Waals surface area contributed by atoms with Gasteiger partial charge in [-0.05, 0) is 44.6 Å². The van der Waals surface area contributed by atoms with Gasteiger partial charge >= 0.3 is 0 Å². The van der Waals surface area contributed by atoms with E-state index in [1.807, 2.05) is 46.1 Å². The van der Waals surface area contributed by atoms with E-state index in [-0.39, 0.29) is 5.91 Å². The van der Waals surface area contributed by atoms with Gasteiger partial charge < -0.3 is 14.7 Å². The first-order valence-corrected chi connectivity index (χ1v) is 8.78. The van der Waals surface area contributed by atoms with Crippen molar-refractivity contribution in [3.8, 4) is 0 Å². The first-order valence-electron chi connectivity index (χ1n) is 8.78. The number of likely N-dealkylation sites (N-methyl/N-ethyl adjacent to an activating group) is 1. The molecular weight excluding hydrogens is 286 g/mol. The molecule has 0 bridgehead atoms. The van der Waals surface area contributed by atoms with Gasteiger partial charge in [-0.15, -0.1) is 0 Å². The highest BCUT2D eigenvalue weighted by Gasteiger charge is 2.15. The van der Waals surface area contributed by atoms with Crippen LogP contribution in [0.5, 0.6) is 0 Å². The smallest absolute Gasteiger partial charge is 0.253 e. The zero-order valence-electron chi connectivity index (χ0n) is 15.5. The lowest BCUT2D eigenvalue weighted by atomic mass is 10.0. The minimum absolute atomic E-state index is 0.0983. The van der Waals surface area contributed by atoms with Crippen LogP contribution in [-0.2, 0) is 6.42 Å². The predicted molar refractivity (Wildman–Crippen MR) is 98.1 cm³/mol. The zero-order valence-corrected chi connectivity index (χ0v) is 15.5. The molecule has 23 heavy (non-hydrogen) atoms. The number of amides is 1. The lowest BCUT2D eigenvalue weighted by Gasteiger charge is -2.21. The van der Waals surface area contributed by atoms with E-state index in [1.165, 1.54) is 13.0 Å². The predicted octanol–water partition coefficient (Wildman–Crippen LogP) is 2.59. The SMILES string of the molecule is CC.CN1CCCN(CCc2ccccc2C(=O)N(C)C)CC1. The molecule has 4 heteroatoms.